The molecule has 0 aliphatic heterocycles. The van der Waals surface area contributed by atoms with Gasteiger partial charge in [0, 0.05) is 0 Å². The molecule has 0 heterocycles. The van der Waals surface area contributed by atoms with Crippen LogP contribution in [0.1, 0.15) is 52.9 Å². The van der Waals surface area contributed by atoms with Gasteiger partial charge in [-0.3, -0.25) is 0 Å². The first-order valence-electron chi connectivity index (χ1n) is 4.69. The van der Waals surface area contributed by atoms with E-state index in [0.29, 0.717) is 0 Å². The first-order valence-corrected chi connectivity index (χ1v) is 4.69. The Balaban J connectivity index is 2.24. The van der Waals surface area contributed by atoms with Crippen LogP contribution in [0.25, 0.3) is 0 Å². The number of rotatable bonds is 3. The number of unbranched alkanes of at least 4 members (excludes halogenated alkanes) is 1. The van der Waals surface area contributed by atoms with Gasteiger partial charge in [-0.2, -0.15) is 0 Å². The molecule has 0 radical (unpaired) electrons. The van der Waals surface area contributed by atoms with Crippen molar-refractivity contribution in [1.29, 1.82) is 0 Å². The average Bonchev–Trinajstić information content (AvgIpc) is 1.97. The molecule has 0 spiro atoms. The van der Waals surface area contributed by atoms with E-state index in [1.807, 2.05) is 0 Å². The first-order chi connectivity index (χ1) is 4.69. The summed E-state index contributed by atoms with van der Waals surface area (Å²) in [5.74, 6) is 0.999. The molecule has 0 saturated heterocycles. The van der Waals surface area contributed by atoms with E-state index in [9.17, 15) is 0 Å². The molecule has 1 aliphatic rings. The molecular formula is C10H20. The van der Waals surface area contributed by atoms with Gasteiger partial charge in [0.2, 0.25) is 0 Å². The standard InChI is InChI=1S/C10H20/c1-4-5-7-10(3)8-6-9(10)2/h9H,4-8H2,1-3H3. The Morgan fingerprint density at radius 3 is 2.50 bits per heavy atom. The zero-order valence-corrected chi connectivity index (χ0v) is 7.61. The highest BCUT2D eigenvalue weighted by Gasteiger charge is 2.38. The fraction of sp³-hybridized carbons (Fsp3) is 1.00. The topological polar surface area (TPSA) is 0 Å². The van der Waals surface area contributed by atoms with Crippen LogP contribution in [0.2, 0.25) is 0 Å². The molecule has 0 aromatic rings. The fourth-order valence-electron chi connectivity index (χ4n) is 1.88. The lowest BCUT2D eigenvalue weighted by Crippen LogP contribution is -2.35. The van der Waals surface area contributed by atoms with Crippen LogP contribution >= 0.6 is 0 Å². The highest BCUT2D eigenvalue weighted by Crippen LogP contribution is 2.49. The number of hydrogen-bond acceptors (Lipinski definition) is 0. The maximum Gasteiger partial charge on any atom is -0.0300 e. The van der Waals surface area contributed by atoms with E-state index in [-0.39, 0.29) is 0 Å². The second kappa shape index (κ2) is 2.94. The largest absolute Gasteiger partial charge is 0.0654 e. The lowest BCUT2D eigenvalue weighted by atomic mass is 9.60. The van der Waals surface area contributed by atoms with Gasteiger partial charge in [0.25, 0.3) is 0 Å². The minimum absolute atomic E-state index is 0.732. The molecule has 60 valence electrons. The molecule has 0 nitrogen and oxygen atoms in total. The molecule has 10 heavy (non-hydrogen) atoms. The van der Waals surface area contributed by atoms with Crippen molar-refractivity contribution in [2.75, 3.05) is 0 Å². The van der Waals surface area contributed by atoms with E-state index >= 15 is 0 Å². The summed E-state index contributed by atoms with van der Waals surface area (Å²) in [6.45, 7) is 7.14. The summed E-state index contributed by atoms with van der Waals surface area (Å²) in [7, 11) is 0. The van der Waals surface area contributed by atoms with Gasteiger partial charge >= 0.3 is 0 Å². The lowest BCUT2D eigenvalue weighted by Gasteiger charge is -2.45. The van der Waals surface area contributed by atoms with Gasteiger partial charge in [-0.1, -0.05) is 33.6 Å². The van der Waals surface area contributed by atoms with Crippen molar-refractivity contribution in [3.63, 3.8) is 0 Å². The monoisotopic (exact) mass is 140 g/mol. The van der Waals surface area contributed by atoms with Gasteiger partial charge in [-0.15, -0.1) is 0 Å². The van der Waals surface area contributed by atoms with Gasteiger partial charge in [-0.05, 0) is 30.6 Å². The molecule has 1 saturated carbocycles. The second-order valence-corrected chi connectivity index (χ2v) is 4.20. The van der Waals surface area contributed by atoms with Gasteiger partial charge in [0.05, 0.1) is 0 Å². The average molecular weight is 140 g/mol. The van der Waals surface area contributed by atoms with Crippen molar-refractivity contribution in [2.24, 2.45) is 11.3 Å². The highest BCUT2D eigenvalue weighted by molar-refractivity contribution is 4.88. The molecule has 1 fully saturated rings. The molecule has 2 atom stereocenters. The summed E-state index contributed by atoms with van der Waals surface area (Å²) in [6, 6.07) is 0. The zero-order valence-electron chi connectivity index (χ0n) is 7.61. The first kappa shape index (κ1) is 8.10. The van der Waals surface area contributed by atoms with Crippen LogP contribution in [0.3, 0.4) is 0 Å². The molecule has 0 aromatic carbocycles. The predicted molar refractivity (Wildman–Crippen MR) is 46.0 cm³/mol. The SMILES string of the molecule is CCCCC1(C)CCC1C. The van der Waals surface area contributed by atoms with E-state index in [1.165, 1.54) is 32.1 Å². The molecular weight excluding hydrogens is 120 g/mol. The Hall–Kier alpha value is 0. The Kier molecular flexibility index (Phi) is 2.38. The molecule has 1 aliphatic carbocycles. The molecule has 0 bridgehead atoms. The van der Waals surface area contributed by atoms with Crippen LogP contribution in [0, 0.1) is 11.3 Å². The summed E-state index contributed by atoms with van der Waals surface area (Å²) in [5.41, 5.74) is 0.732. The third kappa shape index (κ3) is 1.36. The van der Waals surface area contributed by atoms with Crippen molar-refractivity contribution in [1.82, 2.24) is 0 Å². The Morgan fingerprint density at radius 2 is 2.20 bits per heavy atom. The summed E-state index contributed by atoms with van der Waals surface area (Å²) < 4.78 is 0. The Labute approximate surface area is 65.0 Å². The smallest absolute Gasteiger partial charge is 0.0300 e. The predicted octanol–water partition coefficient (Wildman–Crippen LogP) is 3.61. The highest BCUT2D eigenvalue weighted by atomic mass is 14.4. The molecule has 0 aromatic heterocycles. The van der Waals surface area contributed by atoms with Crippen LogP contribution in [0.4, 0.5) is 0 Å². The van der Waals surface area contributed by atoms with Gasteiger partial charge in [0.15, 0.2) is 0 Å². The molecule has 0 N–H and O–H groups in total. The van der Waals surface area contributed by atoms with Crippen molar-refractivity contribution < 1.29 is 0 Å². The van der Waals surface area contributed by atoms with Crippen LogP contribution in [-0.4, -0.2) is 0 Å². The van der Waals surface area contributed by atoms with E-state index in [4.69, 9.17) is 0 Å². The van der Waals surface area contributed by atoms with Crippen LogP contribution in [0.15, 0.2) is 0 Å². The Bertz CT molecular complexity index is 107. The minimum atomic E-state index is 0.732. The van der Waals surface area contributed by atoms with E-state index < -0.39 is 0 Å². The second-order valence-electron chi connectivity index (χ2n) is 4.20. The summed E-state index contributed by atoms with van der Waals surface area (Å²) in [4.78, 5) is 0. The minimum Gasteiger partial charge on any atom is -0.0654 e. The normalized spacial score (nSPS) is 39.3. The van der Waals surface area contributed by atoms with E-state index in [1.54, 1.807) is 0 Å². The Morgan fingerprint density at radius 1 is 1.50 bits per heavy atom. The van der Waals surface area contributed by atoms with Crippen LogP contribution in [0.5, 0.6) is 0 Å². The number of hydrogen-bond donors (Lipinski definition) is 0. The third-order valence-corrected chi connectivity index (χ3v) is 3.44. The van der Waals surface area contributed by atoms with Crippen molar-refractivity contribution in [3.8, 4) is 0 Å². The maximum absolute atomic E-state index is 2.46. The van der Waals surface area contributed by atoms with Gasteiger partial charge in [0.1, 0.15) is 0 Å². The van der Waals surface area contributed by atoms with Crippen molar-refractivity contribution in [3.05, 3.63) is 0 Å². The molecule has 1 rings (SSSR count). The molecule has 0 heteroatoms. The summed E-state index contributed by atoms with van der Waals surface area (Å²) >= 11 is 0. The zero-order chi connectivity index (χ0) is 7.61. The van der Waals surface area contributed by atoms with Crippen molar-refractivity contribution in [2.45, 2.75) is 52.9 Å². The van der Waals surface area contributed by atoms with E-state index in [2.05, 4.69) is 20.8 Å². The quantitative estimate of drug-likeness (QED) is 0.561. The van der Waals surface area contributed by atoms with Gasteiger partial charge in [-0.25, -0.2) is 0 Å². The summed E-state index contributed by atoms with van der Waals surface area (Å²) in [6.07, 6.45) is 7.21. The molecule has 2 unspecified atom stereocenters. The lowest BCUT2D eigenvalue weighted by molar-refractivity contribution is 0.0528. The summed E-state index contributed by atoms with van der Waals surface area (Å²) in [5, 5.41) is 0. The van der Waals surface area contributed by atoms with Crippen molar-refractivity contribution >= 4 is 0 Å². The van der Waals surface area contributed by atoms with Gasteiger partial charge < -0.3 is 0 Å². The van der Waals surface area contributed by atoms with Crippen LogP contribution in [-0.2, 0) is 0 Å². The van der Waals surface area contributed by atoms with E-state index in [0.717, 1.165) is 11.3 Å². The molecule has 0 amide bonds. The third-order valence-electron chi connectivity index (χ3n) is 3.44. The maximum atomic E-state index is 2.46. The van der Waals surface area contributed by atoms with Crippen LogP contribution < -0.4 is 0 Å². The fourth-order valence-corrected chi connectivity index (χ4v) is 1.88.